The molecule has 1 aromatic carbocycles. The molecule has 2 nitrogen and oxygen atoms in total. The van der Waals surface area contributed by atoms with Crippen LogP contribution in [0.1, 0.15) is 25.3 Å². The third kappa shape index (κ3) is 2.80. The van der Waals surface area contributed by atoms with Gasteiger partial charge in [-0.3, -0.25) is 0 Å². The van der Waals surface area contributed by atoms with Crippen molar-refractivity contribution in [2.24, 2.45) is 0 Å². The molecule has 2 heteroatoms. The van der Waals surface area contributed by atoms with Crippen molar-refractivity contribution < 1.29 is 9.84 Å². The van der Waals surface area contributed by atoms with Crippen LogP contribution in [0.5, 0.6) is 11.5 Å². The van der Waals surface area contributed by atoms with E-state index in [1.807, 2.05) is 6.07 Å². The highest BCUT2D eigenvalue weighted by Gasteiger charge is 1.99. The summed E-state index contributed by atoms with van der Waals surface area (Å²) in [6.45, 7) is 6.41. The normalized spacial score (nSPS) is 9.79. The maximum absolute atomic E-state index is 9.50. The van der Waals surface area contributed by atoms with Gasteiger partial charge in [0.1, 0.15) is 11.5 Å². The van der Waals surface area contributed by atoms with E-state index >= 15 is 0 Å². The molecule has 0 radical (unpaired) electrons. The lowest BCUT2D eigenvalue weighted by atomic mass is 10.2. The van der Waals surface area contributed by atoms with E-state index in [4.69, 9.17) is 4.74 Å². The Morgan fingerprint density at radius 2 is 2.29 bits per heavy atom. The van der Waals surface area contributed by atoms with E-state index in [1.54, 1.807) is 18.2 Å². The average molecular weight is 192 g/mol. The van der Waals surface area contributed by atoms with Gasteiger partial charge < -0.3 is 9.84 Å². The number of ether oxygens (including phenoxy) is 1. The Labute approximate surface area is 84.8 Å². The second-order valence-corrected chi connectivity index (χ2v) is 3.13. The van der Waals surface area contributed by atoms with E-state index in [0.717, 1.165) is 18.4 Å². The summed E-state index contributed by atoms with van der Waals surface area (Å²) < 4.78 is 5.43. The zero-order valence-electron chi connectivity index (χ0n) is 8.49. The first-order chi connectivity index (χ1) is 6.77. The molecule has 0 bridgehead atoms. The summed E-state index contributed by atoms with van der Waals surface area (Å²) in [4.78, 5) is 0. The van der Waals surface area contributed by atoms with E-state index in [9.17, 15) is 5.11 Å². The van der Waals surface area contributed by atoms with Crippen LogP contribution in [0, 0.1) is 0 Å². The van der Waals surface area contributed by atoms with Crippen LogP contribution in [-0.2, 0) is 0 Å². The predicted molar refractivity (Wildman–Crippen MR) is 58.6 cm³/mol. The van der Waals surface area contributed by atoms with E-state index < -0.39 is 0 Å². The Morgan fingerprint density at radius 1 is 1.50 bits per heavy atom. The van der Waals surface area contributed by atoms with Gasteiger partial charge in [0.25, 0.3) is 0 Å². The van der Waals surface area contributed by atoms with Gasteiger partial charge in [0.2, 0.25) is 0 Å². The lowest BCUT2D eigenvalue weighted by Crippen LogP contribution is -1.96. The van der Waals surface area contributed by atoms with Crippen molar-refractivity contribution in [1.29, 1.82) is 0 Å². The zero-order valence-corrected chi connectivity index (χ0v) is 8.49. The fraction of sp³-hybridized carbons (Fsp3) is 0.333. The number of phenolic OH excluding ortho intramolecular Hbond substituents is 1. The minimum absolute atomic E-state index is 0.217. The molecular weight excluding hydrogens is 176 g/mol. The quantitative estimate of drug-likeness (QED) is 0.726. The topological polar surface area (TPSA) is 29.5 Å². The van der Waals surface area contributed by atoms with E-state index in [2.05, 4.69) is 13.5 Å². The molecule has 1 aromatic rings. The molecule has 0 atom stereocenters. The molecule has 0 saturated carbocycles. The number of unbranched alkanes of at least 4 members (excludes halogenated alkanes) is 1. The summed E-state index contributed by atoms with van der Waals surface area (Å²) in [6.07, 6.45) is 3.76. The Kier molecular flexibility index (Phi) is 4.05. The number of benzene rings is 1. The molecule has 1 N–H and O–H groups in total. The number of hydrogen-bond acceptors (Lipinski definition) is 2. The average Bonchev–Trinajstić information content (AvgIpc) is 2.18. The molecule has 14 heavy (non-hydrogen) atoms. The molecule has 0 saturated heterocycles. The van der Waals surface area contributed by atoms with Crippen molar-refractivity contribution >= 4 is 6.08 Å². The van der Waals surface area contributed by atoms with Crippen LogP contribution in [0.25, 0.3) is 6.08 Å². The van der Waals surface area contributed by atoms with Crippen LogP contribution in [0.4, 0.5) is 0 Å². The maximum atomic E-state index is 9.50. The van der Waals surface area contributed by atoms with E-state index in [-0.39, 0.29) is 5.75 Å². The molecule has 0 aromatic heterocycles. The zero-order chi connectivity index (χ0) is 10.4. The van der Waals surface area contributed by atoms with Crippen molar-refractivity contribution in [2.75, 3.05) is 6.61 Å². The van der Waals surface area contributed by atoms with Gasteiger partial charge in [-0.1, -0.05) is 26.0 Å². The molecule has 76 valence electrons. The molecule has 0 aliphatic heterocycles. The van der Waals surface area contributed by atoms with Crippen LogP contribution in [0.2, 0.25) is 0 Å². The van der Waals surface area contributed by atoms with Crippen molar-refractivity contribution in [1.82, 2.24) is 0 Å². The van der Waals surface area contributed by atoms with E-state index in [1.165, 1.54) is 0 Å². The van der Waals surface area contributed by atoms with Crippen LogP contribution >= 0.6 is 0 Å². The third-order valence-corrected chi connectivity index (χ3v) is 1.99. The largest absolute Gasteiger partial charge is 0.507 e. The van der Waals surface area contributed by atoms with Gasteiger partial charge in [0.15, 0.2) is 0 Å². The van der Waals surface area contributed by atoms with Gasteiger partial charge in [-0.05, 0) is 18.6 Å². The highest BCUT2D eigenvalue weighted by atomic mass is 16.5. The van der Waals surface area contributed by atoms with Gasteiger partial charge in [-0.25, -0.2) is 0 Å². The van der Waals surface area contributed by atoms with Gasteiger partial charge in [0.05, 0.1) is 6.61 Å². The summed E-state index contributed by atoms with van der Waals surface area (Å²) in [5.41, 5.74) is 0.729. The highest BCUT2D eigenvalue weighted by molar-refractivity contribution is 5.56. The third-order valence-electron chi connectivity index (χ3n) is 1.99. The molecule has 0 aliphatic rings. The van der Waals surface area contributed by atoms with Crippen molar-refractivity contribution in [3.63, 3.8) is 0 Å². The minimum atomic E-state index is 0.217. The molecule has 0 fully saturated rings. The molecule has 1 rings (SSSR count). The highest BCUT2D eigenvalue weighted by Crippen LogP contribution is 2.24. The molecule has 0 spiro atoms. The Bertz CT molecular complexity index is 305. The number of hydrogen-bond donors (Lipinski definition) is 1. The van der Waals surface area contributed by atoms with Gasteiger partial charge in [-0.2, -0.15) is 0 Å². The molecule has 0 heterocycles. The molecule has 0 aliphatic carbocycles. The van der Waals surface area contributed by atoms with Crippen molar-refractivity contribution in [2.45, 2.75) is 19.8 Å². The SMILES string of the molecule is C=Cc1ccc(OCCCC)cc1O. The molecule has 0 unspecified atom stereocenters. The first kappa shape index (κ1) is 10.6. The van der Waals surface area contributed by atoms with Crippen LogP contribution in [0.15, 0.2) is 24.8 Å². The first-order valence-corrected chi connectivity index (χ1v) is 4.86. The summed E-state index contributed by atoms with van der Waals surface area (Å²) in [7, 11) is 0. The lowest BCUT2D eigenvalue weighted by molar-refractivity contribution is 0.307. The summed E-state index contributed by atoms with van der Waals surface area (Å²) in [6, 6.07) is 5.25. The number of aromatic hydroxyl groups is 1. The minimum Gasteiger partial charge on any atom is -0.507 e. The monoisotopic (exact) mass is 192 g/mol. The van der Waals surface area contributed by atoms with Gasteiger partial charge >= 0.3 is 0 Å². The lowest BCUT2D eigenvalue weighted by Gasteiger charge is -2.06. The van der Waals surface area contributed by atoms with Crippen LogP contribution < -0.4 is 4.74 Å². The molecule has 0 amide bonds. The Hall–Kier alpha value is -1.44. The second kappa shape index (κ2) is 5.32. The van der Waals surface area contributed by atoms with Crippen LogP contribution in [-0.4, -0.2) is 11.7 Å². The summed E-state index contributed by atoms with van der Waals surface area (Å²) in [5.74, 6) is 0.926. The van der Waals surface area contributed by atoms with Crippen molar-refractivity contribution in [3.05, 3.63) is 30.3 Å². The van der Waals surface area contributed by atoms with E-state index in [0.29, 0.717) is 12.4 Å². The van der Waals surface area contributed by atoms with Crippen molar-refractivity contribution in [3.8, 4) is 11.5 Å². The molecular formula is C12H16O2. The second-order valence-electron chi connectivity index (χ2n) is 3.13. The first-order valence-electron chi connectivity index (χ1n) is 4.86. The summed E-state index contributed by atoms with van der Waals surface area (Å²) >= 11 is 0. The fourth-order valence-electron chi connectivity index (χ4n) is 1.12. The Balaban J connectivity index is 2.62. The fourth-order valence-corrected chi connectivity index (χ4v) is 1.12. The smallest absolute Gasteiger partial charge is 0.126 e. The predicted octanol–water partition coefficient (Wildman–Crippen LogP) is 3.21. The summed E-state index contributed by atoms with van der Waals surface area (Å²) in [5, 5.41) is 9.50. The standard InChI is InChI=1S/C12H16O2/c1-3-5-8-14-11-7-6-10(4-2)12(13)9-11/h4,6-7,9,13H,2-3,5,8H2,1H3. The number of rotatable bonds is 5. The maximum Gasteiger partial charge on any atom is 0.126 e. The van der Waals surface area contributed by atoms with Gasteiger partial charge in [-0.15, -0.1) is 0 Å². The van der Waals surface area contributed by atoms with Gasteiger partial charge in [0, 0.05) is 11.6 Å². The number of phenols is 1. The van der Waals surface area contributed by atoms with Crippen LogP contribution in [0.3, 0.4) is 0 Å². The Morgan fingerprint density at radius 3 is 2.86 bits per heavy atom.